The van der Waals surface area contributed by atoms with Gasteiger partial charge in [-0.1, -0.05) is 0 Å². The Balaban J connectivity index is 2.28. The molecule has 3 amide bonds. The molecule has 0 aromatic heterocycles. The van der Waals surface area contributed by atoms with Crippen molar-refractivity contribution in [2.75, 3.05) is 19.6 Å². The number of carbonyl (C=O) groups excluding carboxylic acids is 2. The molecule has 7 nitrogen and oxygen atoms in total. The Kier molecular flexibility index (Phi) is 5.99. The zero-order valence-electron chi connectivity index (χ0n) is 12.9. The van der Waals surface area contributed by atoms with Crippen molar-refractivity contribution in [1.29, 1.82) is 0 Å². The summed E-state index contributed by atoms with van der Waals surface area (Å²) in [6.45, 7) is 6.64. The van der Waals surface area contributed by atoms with E-state index in [1.54, 1.807) is 4.90 Å². The molecule has 120 valence electrons. The van der Waals surface area contributed by atoms with Crippen molar-refractivity contribution >= 4 is 17.9 Å². The molecule has 1 aliphatic rings. The molecular formula is C14H25N3O4. The summed E-state index contributed by atoms with van der Waals surface area (Å²) in [5.41, 5.74) is -0.322. The fourth-order valence-electron chi connectivity index (χ4n) is 2.32. The lowest BCUT2D eigenvalue weighted by Gasteiger charge is -2.31. The molecule has 0 aromatic carbocycles. The van der Waals surface area contributed by atoms with Crippen LogP contribution in [0.15, 0.2) is 0 Å². The summed E-state index contributed by atoms with van der Waals surface area (Å²) in [6, 6.07) is -0.271. The van der Waals surface area contributed by atoms with Crippen LogP contribution >= 0.6 is 0 Å². The number of likely N-dealkylation sites (tertiary alicyclic amines) is 1. The molecule has 0 aromatic rings. The van der Waals surface area contributed by atoms with Gasteiger partial charge < -0.3 is 20.6 Å². The molecule has 1 rings (SSSR count). The fourth-order valence-corrected chi connectivity index (χ4v) is 2.32. The van der Waals surface area contributed by atoms with E-state index in [0.29, 0.717) is 25.9 Å². The first-order chi connectivity index (χ1) is 9.67. The predicted molar refractivity (Wildman–Crippen MR) is 77.8 cm³/mol. The molecule has 1 saturated heterocycles. The first kappa shape index (κ1) is 17.3. The molecule has 0 radical (unpaired) electrons. The summed E-state index contributed by atoms with van der Waals surface area (Å²) in [7, 11) is 0. The van der Waals surface area contributed by atoms with Crippen LogP contribution in [0.5, 0.6) is 0 Å². The maximum Gasteiger partial charge on any atom is 0.317 e. The smallest absolute Gasteiger partial charge is 0.317 e. The van der Waals surface area contributed by atoms with Gasteiger partial charge in [0.1, 0.15) is 0 Å². The zero-order valence-corrected chi connectivity index (χ0v) is 12.9. The van der Waals surface area contributed by atoms with Crippen LogP contribution in [0.4, 0.5) is 4.79 Å². The van der Waals surface area contributed by atoms with Crippen molar-refractivity contribution in [3.8, 4) is 0 Å². The maximum atomic E-state index is 11.9. The van der Waals surface area contributed by atoms with Gasteiger partial charge in [0.2, 0.25) is 5.91 Å². The number of urea groups is 1. The van der Waals surface area contributed by atoms with Crippen molar-refractivity contribution in [3.63, 3.8) is 0 Å². The number of hydrogen-bond donors (Lipinski definition) is 3. The third-order valence-corrected chi connectivity index (χ3v) is 3.28. The first-order valence-corrected chi connectivity index (χ1v) is 7.23. The van der Waals surface area contributed by atoms with E-state index >= 15 is 0 Å². The molecule has 0 saturated carbocycles. The van der Waals surface area contributed by atoms with Crippen molar-refractivity contribution in [2.45, 2.75) is 45.6 Å². The monoisotopic (exact) mass is 299 g/mol. The Morgan fingerprint density at radius 3 is 2.24 bits per heavy atom. The summed E-state index contributed by atoms with van der Waals surface area (Å²) < 4.78 is 0. The minimum Gasteiger partial charge on any atom is -0.481 e. The molecule has 3 N–H and O–H groups in total. The summed E-state index contributed by atoms with van der Waals surface area (Å²) in [5, 5.41) is 14.1. The average Bonchev–Trinajstić information content (AvgIpc) is 2.34. The number of rotatable bonds is 4. The minimum absolute atomic E-state index is 0.0504. The lowest BCUT2D eigenvalue weighted by Crippen LogP contribution is -2.50. The van der Waals surface area contributed by atoms with E-state index in [-0.39, 0.29) is 36.4 Å². The number of aliphatic carboxylic acids is 1. The van der Waals surface area contributed by atoms with Gasteiger partial charge in [0.15, 0.2) is 0 Å². The maximum absolute atomic E-state index is 11.9. The summed E-state index contributed by atoms with van der Waals surface area (Å²) in [6.07, 6.45) is 1.53. The lowest BCUT2D eigenvalue weighted by molar-refractivity contribution is -0.138. The number of carboxylic acids is 1. The molecule has 0 unspecified atom stereocenters. The van der Waals surface area contributed by atoms with E-state index in [1.165, 1.54) is 0 Å². The molecule has 1 fully saturated rings. The average molecular weight is 299 g/mol. The van der Waals surface area contributed by atoms with Crippen molar-refractivity contribution in [1.82, 2.24) is 15.5 Å². The van der Waals surface area contributed by atoms with E-state index < -0.39 is 5.97 Å². The lowest BCUT2D eigenvalue weighted by atomic mass is 9.94. The van der Waals surface area contributed by atoms with Gasteiger partial charge in [-0.15, -0.1) is 0 Å². The van der Waals surface area contributed by atoms with Gasteiger partial charge in [-0.25, -0.2) is 4.79 Å². The number of carboxylic acid groups (broad SMARTS) is 1. The van der Waals surface area contributed by atoms with Gasteiger partial charge in [0.25, 0.3) is 0 Å². The van der Waals surface area contributed by atoms with E-state index in [0.717, 1.165) is 0 Å². The highest BCUT2D eigenvalue weighted by atomic mass is 16.4. The number of nitrogens with one attached hydrogen (secondary N) is 2. The molecule has 0 bridgehead atoms. The largest absolute Gasteiger partial charge is 0.481 e. The molecule has 7 heteroatoms. The van der Waals surface area contributed by atoms with Crippen molar-refractivity contribution in [3.05, 3.63) is 0 Å². The van der Waals surface area contributed by atoms with Gasteiger partial charge in [-0.3, -0.25) is 9.59 Å². The minimum atomic E-state index is -0.795. The first-order valence-electron chi connectivity index (χ1n) is 7.23. The van der Waals surface area contributed by atoms with Gasteiger partial charge >= 0.3 is 12.0 Å². The second-order valence-electron chi connectivity index (χ2n) is 6.49. The van der Waals surface area contributed by atoms with E-state index in [4.69, 9.17) is 5.11 Å². The topological polar surface area (TPSA) is 98.7 Å². The van der Waals surface area contributed by atoms with E-state index in [2.05, 4.69) is 10.6 Å². The quantitative estimate of drug-likeness (QED) is 0.715. The van der Waals surface area contributed by atoms with Crippen LogP contribution in [0.1, 0.15) is 40.0 Å². The van der Waals surface area contributed by atoms with Crippen LogP contribution < -0.4 is 10.6 Å². The fraction of sp³-hybridized carbons (Fsp3) is 0.786. The standard InChI is InChI=1S/C14H25N3O4/c1-14(2,3)16-11(18)9-15-13(21)17-6-4-10(5-7-17)8-12(19)20/h10H,4-9H2,1-3H3,(H,15,21)(H,16,18)(H,19,20). The third kappa shape index (κ3) is 6.97. The van der Waals surface area contributed by atoms with E-state index in [1.807, 2.05) is 20.8 Å². The molecule has 0 aliphatic carbocycles. The highest BCUT2D eigenvalue weighted by molar-refractivity contribution is 5.84. The highest BCUT2D eigenvalue weighted by Crippen LogP contribution is 2.20. The molecule has 1 aliphatic heterocycles. The normalized spacial score (nSPS) is 16.4. The Hall–Kier alpha value is -1.79. The second kappa shape index (κ2) is 7.28. The molecular weight excluding hydrogens is 274 g/mol. The van der Waals surface area contributed by atoms with Crippen LogP contribution in [0.25, 0.3) is 0 Å². The van der Waals surface area contributed by atoms with Gasteiger partial charge in [0.05, 0.1) is 6.54 Å². The SMILES string of the molecule is CC(C)(C)NC(=O)CNC(=O)N1CCC(CC(=O)O)CC1. The van der Waals surface area contributed by atoms with E-state index in [9.17, 15) is 14.4 Å². The molecule has 0 atom stereocenters. The Morgan fingerprint density at radius 1 is 1.19 bits per heavy atom. The van der Waals surface area contributed by atoms with Crippen LogP contribution in [-0.4, -0.2) is 53.1 Å². The van der Waals surface area contributed by atoms with Gasteiger partial charge in [-0.2, -0.15) is 0 Å². The molecule has 0 spiro atoms. The van der Waals surface area contributed by atoms with Crippen molar-refractivity contribution in [2.24, 2.45) is 5.92 Å². The zero-order chi connectivity index (χ0) is 16.0. The van der Waals surface area contributed by atoms with Crippen LogP contribution in [0.3, 0.4) is 0 Å². The summed E-state index contributed by atoms with van der Waals surface area (Å²) in [4.78, 5) is 35.8. The summed E-state index contributed by atoms with van der Waals surface area (Å²) >= 11 is 0. The highest BCUT2D eigenvalue weighted by Gasteiger charge is 2.24. The number of amides is 3. The number of hydrogen-bond acceptors (Lipinski definition) is 3. The number of carbonyl (C=O) groups is 3. The molecule has 21 heavy (non-hydrogen) atoms. The van der Waals surface area contributed by atoms with Crippen LogP contribution in [0.2, 0.25) is 0 Å². The van der Waals surface area contributed by atoms with Gasteiger partial charge in [-0.05, 0) is 39.5 Å². The number of piperidine rings is 1. The predicted octanol–water partition coefficient (Wildman–Crippen LogP) is 0.797. The second-order valence-corrected chi connectivity index (χ2v) is 6.49. The van der Waals surface area contributed by atoms with Crippen molar-refractivity contribution < 1.29 is 19.5 Å². The van der Waals surface area contributed by atoms with Gasteiger partial charge in [0, 0.05) is 25.0 Å². The molecule has 1 heterocycles. The summed E-state index contributed by atoms with van der Waals surface area (Å²) in [5.74, 6) is -0.885. The van der Waals surface area contributed by atoms with Crippen LogP contribution in [0, 0.1) is 5.92 Å². The van der Waals surface area contributed by atoms with Crippen LogP contribution in [-0.2, 0) is 9.59 Å². The Morgan fingerprint density at radius 2 is 1.76 bits per heavy atom. The number of nitrogens with zero attached hydrogens (tertiary/aromatic N) is 1. The Labute approximate surface area is 125 Å². The third-order valence-electron chi connectivity index (χ3n) is 3.28. The Bertz CT molecular complexity index is 396.